The summed E-state index contributed by atoms with van der Waals surface area (Å²) in [4.78, 5) is 18.4. The molecule has 1 N–H and O–H groups in total. The summed E-state index contributed by atoms with van der Waals surface area (Å²) in [6.07, 6.45) is 2.73. The van der Waals surface area contributed by atoms with Gasteiger partial charge in [0.2, 0.25) is 5.91 Å². The van der Waals surface area contributed by atoms with E-state index in [1.54, 1.807) is 6.20 Å². The third-order valence-electron chi connectivity index (χ3n) is 3.21. The van der Waals surface area contributed by atoms with Crippen molar-refractivity contribution in [1.82, 2.24) is 4.98 Å². The molecule has 0 aliphatic carbocycles. The van der Waals surface area contributed by atoms with Crippen LogP contribution in [0.2, 0.25) is 0 Å². The lowest BCUT2D eigenvalue weighted by Crippen LogP contribution is -2.32. The molecule has 1 aliphatic rings. The van der Waals surface area contributed by atoms with Crippen LogP contribution in [-0.4, -0.2) is 24.0 Å². The summed E-state index contributed by atoms with van der Waals surface area (Å²) in [6, 6.07) is 13.5. The predicted molar refractivity (Wildman–Crippen MR) is 75.2 cm³/mol. The van der Waals surface area contributed by atoms with Gasteiger partial charge in [-0.05, 0) is 30.2 Å². The number of nitrogens with zero attached hydrogens (tertiary/aromatic N) is 2. The summed E-state index contributed by atoms with van der Waals surface area (Å²) < 4.78 is 0. The van der Waals surface area contributed by atoms with E-state index in [0.717, 1.165) is 24.5 Å². The molecule has 1 aliphatic heterocycles. The first-order chi connectivity index (χ1) is 9.33. The summed E-state index contributed by atoms with van der Waals surface area (Å²) in [5, 5.41) is 2.89. The fourth-order valence-electron chi connectivity index (χ4n) is 2.32. The van der Waals surface area contributed by atoms with E-state index in [2.05, 4.69) is 16.4 Å². The molecule has 1 amide bonds. The van der Waals surface area contributed by atoms with Crippen LogP contribution in [0, 0.1) is 0 Å². The summed E-state index contributed by atoms with van der Waals surface area (Å²) in [5.41, 5.74) is 2.04. The summed E-state index contributed by atoms with van der Waals surface area (Å²) in [5.74, 6) is 0.926. The first kappa shape index (κ1) is 11.7. The summed E-state index contributed by atoms with van der Waals surface area (Å²) >= 11 is 0. The molecule has 0 atom stereocenters. The van der Waals surface area contributed by atoms with Crippen LogP contribution in [0.25, 0.3) is 0 Å². The van der Waals surface area contributed by atoms with Gasteiger partial charge in [0.15, 0.2) is 0 Å². The largest absolute Gasteiger partial charge is 0.347 e. The Kier molecular flexibility index (Phi) is 3.14. The quantitative estimate of drug-likeness (QED) is 0.911. The molecule has 0 spiro atoms. The van der Waals surface area contributed by atoms with Gasteiger partial charge in [-0.3, -0.25) is 4.79 Å². The van der Waals surface area contributed by atoms with Gasteiger partial charge in [0, 0.05) is 18.4 Å². The average molecular weight is 253 g/mol. The second-order valence-corrected chi connectivity index (χ2v) is 4.57. The van der Waals surface area contributed by atoms with E-state index in [-0.39, 0.29) is 5.91 Å². The van der Waals surface area contributed by atoms with E-state index in [4.69, 9.17) is 0 Å². The van der Waals surface area contributed by atoms with Crippen LogP contribution in [0.15, 0.2) is 48.7 Å². The Bertz CT molecular complexity index is 583. The molecule has 3 rings (SSSR count). The number of hydrogen-bond donors (Lipinski definition) is 1. The normalized spacial score (nSPS) is 13.2. The Hall–Kier alpha value is -2.36. The number of rotatable bonds is 3. The van der Waals surface area contributed by atoms with Crippen molar-refractivity contribution in [2.45, 2.75) is 6.42 Å². The number of carbonyl (C=O) groups is 1. The number of pyridine rings is 1. The summed E-state index contributed by atoms with van der Waals surface area (Å²) in [6.45, 7) is 1.20. The lowest BCUT2D eigenvalue weighted by atomic mass is 10.2. The third kappa shape index (κ3) is 2.57. The van der Waals surface area contributed by atoms with E-state index in [1.807, 2.05) is 41.3 Å². The van der Waals surface area contributed by atoms with Crippen LogP contribution in [0.4, 0.5) is 11.5 Å². The maximum absolute atomic E-state index is 12.0. The second kappa shape index (κ2) is 5.10. The Morgan fingerprint density at radius 2 is 2.05 bits per heavy atom. The molecule has 4 heteroatoms. The van der Waals surface area contributed by atoms with Gasteiger partial charge in [0.25, 0.3) is 0 Å². The molecule has 0 fully saturated rings. The Morgan fingerprint density at radius 1 is 1.21 bits per heavy atom. The van der Waals surface area contributed by atoms with Gasteiger partial charge < -0.3 is 10.2 Å². The third-order valence-corrected chi connectivity index (χ3v) is 3.21. The molecule has 0 unspecified atom stereocenters. The lowest BCUT2D eigenvalue weighted by molar-refractivity contribution is -0.115. The molecule has 2 heterocycles. The van der Waals surface area contributed by atoms with Gasteiger partial charge in [-0.25, -0.2) is 4.98 Å². The van der Waals surface area contributed by atoms with Gasteiger partial charge >= 0.3 is 0 Å². The minimum absolute atomic E-state index is 0.00953. The van der Waals surface area contributed by atoms with Crippen LogP contribution in [-0.2, 0) is 11.2 Å². The van der Waals surface area contributed by atoms with Crippen molar-refractivity contribution in [2.75, 3.05) is 23.3 Å². The maximum Gasteiger partial charge on any atom is 0.243 e. The van der Waals surface area contributed by atoms with Gasteiger partial charge in [-0.15, -0.1) is 0 Å². The molecule has 1 aromatic carbocycles. The van der Waals surface area contributed by atoms with Gasteiger partial charge in [0.05, 0.1) is 6.54 Å². The zero-order chi connectivity index (χ0) is 13.1. The first-order valence-electron chi connectivity index (χ1n) is 6.37. The molecular weight excluding hydrogens is 238 g/mol. The highest BCUT2D eigenvalue weighted by Crippen LogP contribution is 2.24. The number of carbonyl (C=O) groups excluding carboxylic acids is 1. The minimum atomic E-state index is -0.00953. The molecule has 19 heavy (non-hydrogen) atoms. The van der Waals surface area contributed by atoms with Crippen LogP contribution in [0.5, 0.6) is 0 Å². The SMILES string of the molecule is O=C(CN1CCc2cccnc21)Nc1ccccc1. The smallest absolute Gasteiger partial charge is 0.243 e. The Morgan fingerprint density at radius 3 is 2.89 bits per heavy atom. The van der Waals surface area contributed by atoms with E-state index in [9.17, 15) is 4.79 Å². The summed E-state index contributed by atoms with van der Waals surface area (Å²) in [7, 11) is 0. The highest BCUT2D eigenvalue weighted by Gasteiger charge is 2.21. The number of nitrogens with one attached hydrogen (secondary N) is 1. The molecule has 0 saturated carbocycles. The van der Waals surface area contributed by atoms with Crippen molar-refractivity contribution in [3.63, 3.8) is 0 Å². The van der Waals surface area contributed by atoms with Crippen LogP contribution >= 0.6 is 0 Å². The number of amides is 1. The van der Waals surface area contributed by atoms with Gasteiger partial charge in [0.1, 0.15) is 5.82 Å². The van der Waals surface area contributed by atoms with E-state index in [1.165, 1.54) is 5.56 Å². The number of fused-ring (bicyclic) bond motifs is 1. The molecule has 0 saturated heterocycles. The van der Waals surface area contributed by atoms with Crippen LogP contribution in [0.1, 0.15) is 5.56 Å². The fraction of sp³-hybridized carbons (Fsp3) is 0.200. The standard InChI is InChI=1S/C15H15N3O/c19-14(17-13-6-2-1-3-7-13)11-18-10-8-12-5-4-9-16-15(12)18/h1-7,9H,8,10-11H2,(H,17,19). The Labute approximate surface area is 112 Å². The molecule has 96 valence electrons. The highest BCUT2D eigenvalue weighted by molar-refractivity contribution is 5.94. The van der Waals surface area contributed by atoms with Crippen molar-refractivity contribution in [1.29, 1.82) is 0 Å². The van der Waals surface area contributed by atoms with E-state index < -0.39 is 0 Å². The number of para-hydroxylation sites is 1. The predicted octanol–water partition coefficient (Wildman–Crippen LogP) is 2.08. The highest BCUT2D eigenvalue weighted by atomic mass is 16.2. The number of benzene rings is 1. The molecule has 0 bridgehead atoms. The first-order valence-corrected chi connectivity index (χ1v) is 6.37. The van der Waals surface area contributed by atoms with E-state index >= 15 is 0 Å². The van der Waals surface area contributed by atoms with Gasteiger partial charge in [-0.1, -0.05) is 24.3 Å². The topological polar surface area (TPSA) is 45.2 Å². The zero-order valence-electron chi connectivity index (χ0n) is 10.5. The van der Waals surface area contributed by atoms with Gasteiger partial charge in [-0.2, -0.15) is 0 Å². The van der Waals surface area contributed by atoms with E-state index in [0.29, 0.717) is 6.54 Å². The fourth-order valence-corrected chi connectivity index (χ4v) is 2.32. The number of anilines is 2. The van der Waals surface area contributed by atoms with Crippen molar-refractivity contribution in [3.05, 3.63) is 54.2 Å². The van der Waals surface area contributed by atoms with Crippen molar-refractivity contribution in [2.24, 2.45) is 0 Å². The number of aromatic nitrogens is 1. The van der Waals surface area contributed by atoms with Crippen molar-refractivity contribution >= 4 is 17.4 Å². The molecular formula is C15H15N3O. The molecule has 0 radical (unpaired) electrons. The molecule has 4 nitrogen and oxygen atoms in total. The molecule has 2 aromatic rings. The van der Waals surface area contributed by atoms with Crippen molar-refractivity contribution < 1.29 is 4.79 Å². The average Bonchev–Trinajstić information content (AvgIpc) is 2.83. The number of hydrogen-bond acceptors (Lipinski definition) is 3. The zero-order valence-corrected chi connectivity index (χ0v) is 10.5. The Balaban J connectivity index is 1.65. The van der Waals surface area contributed by atoms with Crippen LogP contribution in [0.3, 0.4) is 0 Å². The van der Waals surface area contributed by atoms with Crippen LogP contribution < -0.4 is 10.2 Å². The van der Waals surface area contributed by atoms with Crippen molar-refractivity contribution in [3.8, 4) is 0 Å². The monoisotopic (exact) mass is 253 g/mol. The lowest BCUT2D eigenvalue weighted by Gasteiger charge is -2.17. The molecule has 1 aromatic heterocycles. The maximum atomic E-state index is 12.0. The minimum Gasteiger partial charge on any atom is -0.347 e. The second-order valence-electron chi connectivity index (χ2n) is 4.57.